The molecule has 5 rings (SSSR count). The van der Waals surface area contributed by atoms with E-state index in [0.717, 1.165) is 48.7 Å². The molecule has 6 heteroatoms. The summed E-state index contributed by atoms with van der Waals surface area (Å²) in [6, 6.07) is 25.7. The maximum atomic E-state index is 12.3. The zero-order valence-corrected chi connectivity index (χ0v) is 17.2. The molecule has 4 aromatic rings. The summed E-state index contributed by atoms with van der Waals surface area (Å²) in [4.78, 5) is 19.5. The summed E-state index contributed by atoms with van der Waals surface area (Å²) in [5.74, 6) is 1.55. The Bertz CT molecular complexity index is 1190. The van der Waals surface area contributed by atoms with Crippen LogP contribution in [-0.4, -0.2) is 33.5 Å². The normalized spacial score (nSPS) is 13.7. The molecule has 0 aliphatic carbocycles. The van der Waals surface area contributed by atoms with Crippen molar-refractivity contribution in [2.45, 2.75) is 19.6 Å². The average molecular weight is 412 g/mol. The first-order chi connectivity index (χ1) is 15.2. The zero-order valence-electron chi connectivity index (χ0n) is 17.2. The lowest BCUT2D eigenvalue weighted by Crippen LogP contribution is -2.33. The fraction of sp³-hybridized carbons (Fsp3) is 0.200. The molecule has 156 valence electrons. The molecule has 1 N–H and O–H groups in total. The van der Waals surface area contributed by atoms with E-state index in [9.17, 15) is 4.79 Å². The van der Waals surface area contributed by atoms with Crippen molar-refractivity contribution in [3.05, 3.63) is 90.3 Å². The van der Waals surface area contributed by atoms with Gasteiger partial charge in [0.15, 0.2) is 6.61 Å². The summed E-state index contributed by atoms with van der Waals surface area (Å²) in [7, 11) is 0. The first kappa shape index (κ1) is 19.3. The van der Waals surface area contributed by atoms with Gasteiger partial charge in [0.1, 0.15) is 11.6 Å². The van der Waals surface area contributed by atoms with Crippen molar-refractivity contribution in [2.24, 2.45) is 0 Å². The molecular weight excluding hydrogens is 388 g/mol. The topological polar surface area (TPSA) is 59.4 Å². The summed E-state index contributed by atoms with van der Waals surface area (Å²) in [6.07, 6.45) is 0. The Labute approximate surface area is 181 Å². The van der Waals surface area contributed by atoms with Gasteiger partial charge in [-0.15, -0.1) is 0 Å². The molecule has 3 aromatic carbocycles. The largest absolute Gasteiger partial charge is 0.484 e. The van der Waals surface area contributed by atoms with E-state index in [4.69, 9.17) is 9.72 Å². The van der Waals surface area contributed by atoms with Gasteiger partial charge in [0, 0.05) is 25.3 Å². The second kappa shape index (κ2) is 8.62. The number of aromatic nitrogens is 2. The second-order valence-electron chi connectivity index (χ2n) is 7.73. The van der Waals surface area contributed by atoms with Crippen molar-refractivity contribution < 1.29 is 9.53 Å². The number of imidazole rings is 1. The van der Waals surface area contributed by atoms with E-state index in [-0.39, 0.29) is 12.5 Å². The molecule has 1 aliphatic heterocycles. The van der Waals surface area contributed by atoms with Crippen LogP contribution in [0.2, 0.25) is 0 Å². The van der Waals surface area contributed by atoms with Gasteiger partial charge in [0.2, 0.25) is 0 Å². The van der Waals surface area contributed by atoms with Gasteiger partial charge >= 0.3 is 0 Å². The van der Waals surface area contributed by atoms with Crippen LogP contribution in [0.15, 0.2) is 78.9 Å². The maximum absolute atomic E-state index is 12.3. The van der Waals surface area contributed by atoms with Crippen LogP contribution >= 0.6 is 0 Å². The number of nitrogens with one attached hydrogen (secondary N) is 1. The van der Waals surface area contributed by atoms with Crippen LogP contribution in [0.25, 0.3) is 11.0 Å². The van der Waals surface area contributed by atoms with E-state index in [2.05, 4.69) is 39.0 Å². The summed E-state index contributed by atoms with van der Waals surface area (Å²) in [6.45, 7) is 3.61. The van der Waals surface area contributed by atoms with E-state index in [1.807, 2.05) is 54.6 Å². The van der Waals surface area contributed by atoms with Gasteiger partial charge in [-0.2, -0.15) is 0 Å². The molecule has 0 saturated carbocycles. The van der Waals surface area contributed by atoms with Crippen LogP contribution in [0.5, 0.6) is 5.75 Å². The minimum absolute atomic E-state index is 0.0316. The smallest absolute Gasteiger partial charge is 0.262 e. The van der Waals surface area contributed by atoms with E-state index >= 15 is 0 Å². The number of amides is 1. The van der Waals surface area contributed by atoms with Gasteiger partial charge in [-0.3, -0.25) is 9.69 Å². The number of hydrogen-bond donors (Lipinski definition) is 1. The Morgan fingerprint density at radius 3 is 2.55 bits per heavy atom. The molecule has 2 heterocycles. The highest BCUT2D eigenvalue weighted by Gasteiger charge is 2.20. The fourth-order valence-electron chi connectivity index (χ4n) is 3.99. The van der Waals surface area contributed by atoms with Gasteiger partial charge < -0.3 is 14.6 Å². The zero-order chi connectivity index (χ0) is 21.0. The summed E-state index contributed by atoms with van der Waals surface area (Å²) >= 11 is 0. The highest BCUT2D eigenvalue weighted by atomic mass is 16.5. The number of carbonyl (C=O) groups is 1. The SMILES string of the molecule is O=C(COc1ccccc1)Nc1ccc2c(c1)nc1n2CCN(Cc2ccccc2)C1. The molecule has 1 amide bonds. The number of anilines is 1. The predicted octanol–water partition coefficient (Wildman–Crippen LogP) is 4.07. The first-order valence-electron chi connectivity index (χ1n) is 10.5. The number of rotatable bonds is 6. The lowest BCUT2D eigenvalue weighted by Gasteiger charge is -2.27. The van der Waals surface area contributed by atoms with Crippen LogP contribution in [0.3, 0.4) is 0 Å². The Balaban J connectivity index is 1.25. The van der Waals surface area contributed by atoms with E-state index < -0.39 is 0 Å². The van der Waals surface area contributed by atoms with Crippen molar-refractivity contribution in [2.75, 3.05) is 18.5 Å². The number of nitrogens with zero attached hydrogens (tertiary/aromatic N) is 3. The molecule has 0 radical (unpaired) electrons. The highest BCUT2D eigenvalue weighted by molar-refractivity contribution is 5.94. The number of benzene rings is 3. The molecule has 0 bridgehead atoms. The second-order valence-corrected chi connectivity index (χ2v) is 7.73. The fourth-order valence-corrected chi connectivity index (χ4v) is 3.99. The third kappa shape index (κ3) is 4.44. The Morgan fingerprint density at radius 2 is 1.74 bits per heavy atom. The lowest BCUT2D eigenvalue weighted by molar-refractivity contribution is -0.118. The highest BCUT2D eigenvalue weighted by Crippen LogP contribution is 2.24. The molecule has 31 heavy (non-hydrogen) atoms. The molecule has 1 aliphatic rings. The van der Waals surface area contributed by atoms with Crippen molar-refractivity contribution in [3.8, 4) is 5.75 Å². The quantitative estimate of drug-likeness (QED) is 0.519. The van der Waals surface area contributed by atoms with E-state index in [1.54, 1.807) is 0 Å². The minimum Gasteiger partial charge on any atom is -0.484 e. The summed E-state index contributed by atoms with van der Waals surface area (Å²) < 4.78 is 7.80. The Kier molecular flexibility index (Phi) is 5.37. The van der Waals surface area contributed by atoms with Gasteiger partial charge in [0.05, 0.1) is 17.6 Å². The molecule has 1 aromatic heterocycles. The van der Waals surface area contributed by atoms with Crippen LogP contribution in [0.4, 0.5) is 5.69 Å². The third-order valence-corrected chi connectivity index (χ3v) is 5.48. The number of ether oxygens (including phenoxy) is 1. The number of fused-ring (bicyclic) bond motifs is 3. The Morgan fingerprint density at radius 1 is 0.968 bits per heavy atom. The molecule has 0 saturated heterocycles. The van der Waals surface area contributed by atoms with E-state index in [1.165, 1.54) is 5.56 Å². The van der Waals surface area contributed by atoms with Crippen LogP contribution in [0, 0.1) is 0 Å². The van der Waals surface area contributed by atoms with Crippen molar-refractivity contribution in [1.29, 1.82) is 0 Å². The van der Waals surface area contributed by atoms with Crippen LogP contribution in [0.1, 0.15) is 11.4 Å². The first-order valence-corrected chi connectivity index (χ1v) is 10.5. The predicted molar refractivity (Wildman–Crippen MR) is 121 cm³/mol. The molecular formula is C25H24N4O2. The monoisotopic (exact) mass is 412 g/mol. The Hall–Kier alpha value is -3.64. The molecule has 0 spiro atoms. The molecule has 0 unspecified atom stereocenters. The number of carbonyl (C=O) groups excluding carboxylic acids is 1. The molecule has 0 fully saturated rings. The summed E-state index contributed by atoms with van der Waals surface area (Å²) in [5.41, 5.74) is 4.05. The van der Waals surface area contributed by atoms with Crippen molar-refractivity contribution in [3.63, 3.8) is 0 Å². The lowest BCUT2D eigenvalue weighted by atomic mass is 10.2. The van der Waals surface area contributed by atoms with Crippen molar-refractivity contribution >= 4 is 22.6 Å². The van der Waals surface area contributed by atoms with Crippen LogP contribution < -0.4 is 10.1 Å². The molecule has 0 atom stereocenters. The average Bonchev–Trinajstić information content (AvgIpc) is 3.16. The van der Waals surface area contributed by atoms with Gasteiger partial charge in [-0.25, -0.2) is 4.98 Å². The van der Waals surface area contributed by atoms with E-state index in [0.29, 0.717) is 5.75 Å². The van der Waals surface area contributed by atoms with Gasteiger partial charge in [0.25, 0.3) is 5.91 Å². The van der Waals surface area contributed by atoms with Crippen molar-refractivity contribution in [1.82, 2.24) is 14.5 Å². The summed E-state index contributed by atoms with van der Waals surface area (Å²) in [5, 5.41) is 2.90. The van der Waals surface area contributed by atoms with Gasteiger partial charge in [-0.1, -0.05) is 48.5 Å². The number of hydrogen-bond acceptors (Lipinski definition) is 4. The van der Waals surface area contributed by atoms with Gasteiger partial charge in [-0.05, 0) is 35.9 Å². The van der Waals surface area contributed by atoms with Crippen LogP contribution in [-0.2, 0) is 24.4 Å². The minimum atomic E-state index is -0.193. The third-order valence-electron chi connectivity index (χ3n) is 5.48. The standard InChI is InChI=1S/C25H24N4O2/c30-25(18-31-21-9-5-2-6-10-21)26-20-11-12-23-22(15-20)27-24-17-28(13-14-29(23)24)16-19-7-3-1-4-8-19/h1-12,15H,13-14,16-18H2,(H,26,30). The maximum Gasteiger partial charge on any atom is 0.262 e. The number of para-hydroxylation sites is 1. The molecule has 6 nitrogen and oxygen atoms in total.